The molecular formula is C24H20N2O4. The summed E-state index contributed by atoms with van der Waals surface area (Å²) < 4.78 is 10.7. The van der Waals surface area contributed by atoms with Gasteiger partial charge >= 0.3 is 0 Å². The third kappa shape index (κ3) is 4.17. The molecule has 6 heteroatoms. The molecule has 6 nitrogen and oxygen atoms in total. The summed E-state index contributed by atoms with van der Waals surface area (Å²) in [5.41, 5.74) is 2.69. The molecule has 2 aromatic heterocycles. The Morgan fingerprint density at radius 2 is 1.87 bits per heavy atom. The summed E-state index contributed by atoms with van der Waals surface area (Å²) in [7, 11) is 1.61. The van der Waals surface area contributed by atoms with E-state index in [2.05, 4.69) is 10.3 Å². The van der Waals surface area contributed by atoms with Crippen LogP contribution >= 0.6 is 0 Å². The second-order valence-electron chi connectivity index (χ2n) is 6.74. The molecule has 30 heavy (non-hydrogen) atoms. The molecule has 0 unspecified atom stereocenters. The molecule has 2 heterocycles. The van der Waals surface area contributed by atoms with Gasteiger partial charge in [0.25, 0.3) is 11.5 Å². The van der Waals surface area contributed by atoms with Crippen molar-refractivity contribution in [2.24, 2.45) is 0 Å². The number of hydrogen-bond donors (Lipinski definition) is 2. The van der Waals surface area contributed by atoms with Crippen LogP contribution in [0, 0.1) is 0 Å². The van der Waals surface area contributed by atoms with E-state index in [-0.39, 0.29) is 5.56 Å². The number of anilines is 1. The minimum absolute atomic E-state index is 0.0192. The Kier molecular flexibility index (Phi) is 5.48. The normalized spacial score (nSPS) is 10.6. The highest BCUT2D eigenvalue weighted by atomic mass is 16.5. The first kappa shape index (κ1) is 19.3. The van der Waals surface area contributed by atoms with Crippen LogP contribution < -0.4 is 15.6 Å². The maximum atomic E-state index is 12.7. The lowest BCUT2D eigenvalue weighted by molar-refractivity contribution is 0.102. The van der Waals surface area contributed by atoms with Gasteiger partial charge in [-0.2, -0.15) is 0 Å². The molecule has 0 bridgehead atoms. The summed E-state index contributed by atoms with van der Waals surface area (Å²) in [6.45, 7) is 0. The van der Waals surface area contributed by atoms with E-state index >= 15 is 0 Å². The van der Waals surface area contributed by atoms with Gasteiger partial charge in [-0.15, -0.1) is 0 Å². The van der Waals surface area contributed by atoms with Crippen LogP contribution in [0.5, 0.6) is 5.75 Å². The summed E-state index contributed by atoms with van der Waals surface area (Å²) in [5, 5.41) is 2.79. The highest BCUT2D eigenvalue weighted by Crippen LogP contribution is 2.25. The third-order valence-electron chi connectivity index (χ3n) is 4.72. The number of furan rings is 1. The van der Waals surface area contributed by atoms with Crippen molar-refractivity contribution in [3.05, 3.63) is 106 Å². The fourth-order valence-corrected chi connectivity index (χ4v) is 3.24. The number of rotatable bonds is 6. The van der Waals surface area contributed by atoms with E-state index in [0.29, 0.717) is 23.6 Å². The average Bonchev–Trinajstić information content (AvgIpc) is 3.29. The van der Waals surface area contributed by atoms with Crippen LogP contribution in [0.2, 0.25) is 0 Å². The quantitative estimate of drug-likeness (QED) is 0.500. The molecule has 4 rings (SSSR count). The van der Waals surface area contributed by atoms with Crippen LogP contribution in [0.1, 0.15) is 21.5 Å². The van der Waals surface area contributed by atoms with Gasteiger partial charge < -0.3 is 19.5 Å². The number of pyridine rings is 1. The molecule has 2 aromatic carbocycles. The van der Waals surface area contributed by atoms with Crippen LogP contribution in [-0.2, 0) is 6.42 Å². The first-order valence-corrected chi connectivity index (χ1v) is 9.43. The standard InChI is InChI=1S/C24H20N2O4/c1-29-21-12-9-18(15-17(21)14-16-6-3-2-4-7-16)25-23(27)19-10-11-20(26-24(19)28)22-8-5-13-30-22/h2-13,15H,14H2,1H3,(H,25,27)(H,26,28). The molecule has 0 aliphatic rings. The number of carbonyl (C=O) groups is 1. The monoisotopic (exact) mass is 400 g/mol. The lowest BCUT2D eigenvalue weighted by Crippen LogP contribution is -2.23. The van der Waals surface area contributed by atoms with E-state index in [9.17, 15) is 9.59 Å². The summed E-state index contributed by atoms with van der Waals surface area (Å²) in [6.07, 6.45) is 2.18. The van der Waals surface area contributed by atoms with Crippen LogP contribution in [-0.4, -0.2) is 18.0 Å². The zero-order chi connectivity index (χ0) is 20.9. The number of H-pyrrole nitrogens is 1. The minimum Gasteiger partial charge on any atom is -0.496 e. The second kappa shape index (κ2) is 8.53. The smallest absolute Gasteiger partial charge is 0.261 e. The number of amides is 1. The highest BCUT2D eigenvalue weighted by molar-refractivity contribution is 6.04. The van der Waals surface area contributed by atoms with E-state index in [1.54, 1.807) is 37.4 Å². The molecular weight excluding hydrogens is 380 g/mol. The van der Waals surface area contributed by atoms with Crippen molar-refractivity contribution in [3.8, 4) is 17.2 Å². The first-order valence-electron chi connectivity index (χ1n) is 9.43. The van der Waals surface area contributed by atoms with Gasteiger partial charge in [-0.25, -0.2) is 0 Å². The van der Waals surface area contributed by atoms with Gasteiger partial charge in [0, 0.05) is 17.7 Å². The molecule has 2 N–H and O–H groups in total. The van der Waals surface area contributed by atoms with Crippen LogP contribution in [0.15, 0.2) is 88.3 Å². The number of carbonyl (C=O) groups excluding carboxylic acids is 1. The second-order valence-corrected chi connectivity index (χ2v) is 6.74. The van der Waals surface area contributed by atoms with Gasteiger partial charge in [0.15, 0.2) is 0 Å². The molecule has 150 valence electrons. The molecule has 0 spiro atoms. The Morgan fingerprint density at radius 3 is 2.57 bits per heavy atom. The Labute approximate surface area is 173 Å². The Bertz CT molecular complexity index is 1210. The number of hydrogen-bond acceptors (Lipinski definition) is 4. The summed E-state index contributed by atoms with van der Waals surface area (Å²) in [5.74, 6) is 0.773. The minimum atomic E-state index is -0.488. The zero-order valence-corrected chi connectivity index (χ0v) is 16.3. The maximum Gasteiger partial charge on any atom is 0.261 e. The highest BCUT2D eigenvalue weighted by Gasteiger charge is 2.14. The molecule has 0 radical (unpaired) electrons. The molecule has 1 amide bonds. The average molecular weight is 400 g/mol. The maximum absolute atomic E-state index is 12.7. The molecule has 4 aromatic rings. The van der Waals surface area contributed by atoms with Crippen molar-refractivity contribution in [2.45, 2.75) is 6.42 Å². The molecule has 0 saturated carbocycles. The van der Waals surface area contributed by atoms with Gasteiger partial charge in [0.2, 0.25) is 0 Å². The summed E-state index contributed by atoms with van der Waals surface area (Å²) in [6, 6.07) is 22.0. The van der Waals surface area contributed by atoms with Crippen molar-refractivity contribution in [2.75, 3.05) is 12.4 Å². The fourth-order valence-electron chi connectivity index (χ4n) is 3.24. The van der Waals surface area contributed by atoms with Crippen molar-refractivity contribution in [1.82, 2.24) is 4.98 Å². The predicted molar refractivity (Wildman–Crippen MR) is 115 cm³/mol. The Morgan fingerprint density at radius 1 is 1.03 bits per heavy atom. The number of aromatic amines is 1. The van der Waals surface area contributed by atoms with E-state index in [0.717, 1.165) is 16.9 Å². The Balaban J connectivity index is 1.56. The third-order valence-corrected chi connectivity index (χ3v) is 4.72. The Hall–Kier alpha value is -4.06. The summed E-state index contributed by atoms with van der Waals surface area (Å²) >= 11 is 0. The molecule has 0 aliphatic carbocycles. The first-order chi connectivity index (χ1) is 14.6. The largest absolute Gasteiger partial charge is 0.496 e. The number of ether oxygens (including phenoxy) is 1. The van der Waals surface area contributed by atoms with Gasteiger partial charge in [0.05, 0.1) is 19.1 Å². The van der Waals surface area contributed by atoms with Crippen LogP contribution in [0.25, 0.3) is 11.5 Å². The molecule has 0 saturated heterocycles. The fraction of sp³-hybridized carbons (Fsp3) is 0.0833. The predicted octanol–water partition coefficient (Wildman–Crippen LogP) is 4.49. The van der Waals surface area contributed by atoms with E-state index in [1.807, 2.05) is 36.4 Å². The molecule has 0 aliphatic heterocycles. The number of nitrogens with one attached hydrogen (secondary N) is 2. The van der Waals surface area contributed by atoms with Crippen molar-refractivity contribution >= 4 is 11.6 Å². The van der Waals surface area contributed by atoms with Crippen molar-refractivity contribution in [1.29, 1.82) is 0 Å². The van der Waals surface area contributed by atoms with Crippen LogP contribution in [0.4, 0.5) is 5.69 Å². The summed E-state index contributed by atoms with van der Waals surface area (Å²) in [4.78, 5) is 27.7. The molecule has 0 fully saturated rings. The van der Waals surface area contributed by atoms with Gasteiger partial charge in [-0.3, -0.25) is 9.59 Å². The lowest BCUT2D eigenvalue weighted by Gasteiger charge is -2.12. The van der Waals surface area contributed by atoms with E-state index in [4.69, 9.17) is 9.15 Å². The van der Waals surface area contributed by atoms with Crippen molar-refractivity contribution in [3.63, 3.8) is 0 Å². The van der Waals surface area contributed by atoms with Gasteiger partial charge in [-0.1, -0.05) is 30.3 Å². The number of aromatic nitrogens is 1. The number of methoxy groups -OCH3 is 1. The van der Waals surface area contributed by atoms with Crippen LogP contribution in [0.3, 0.4) is 0 Å². The topological polar surface area (TPSA) is 84.3 Å². The van der Waals surface area contributed by atoms with Gasteiger partial charge in [0.1, 0.15) is 17.1 Å². The SMILES string of the molecule is COc1ccc(NC(=O)c2ccc(-c3ccco3)[nH]c2=O)cc1Cc1ccccc1. The van der Waals surface area contributed by atoms with E-state index in [1.165, 1.54) is 12.3 Å². The lowest BCUT2D eigenvalue weighted by atomic mass is 10.0. The van der Waals surface area contributed by atoms with Crippen molar-refractivity contribution < 1.29 is 13.9 Å². The number of benzene rings is 2. The van der Waals surface area contributed by atoms with Gasteiger partial charge in [-0.05, 0) is 48.0 Å². The zero-order valence-electron chi connectivity index (χ0n) is 16.3. The van der Waals surface area contributed by atoms with E-state index < -0.39 is 11.5 Å². The molecule has 0 atom stereocenters.